The van der Waals surface area contributed by atoms with Crippen molar-refractivity contribution in [3.63, 3.8) is 0 Å². The van der Waals surface area contributed by atoms with Crippen LogP contribution in [0, 0.1) is 0 Å². The van der Waals surface area contributed by atoms with E-state index in [1.165, 1.54) is 11.1 Å². The molecule has 0 atom stereocenters. The summed E-state index contributed by atoms with van der Waals surface area (Å²) in [6.45, 7) is 2.30. The van der Waals surface area contributed by atoms with E-state index in [0.717, 1.165) is 57.8 Å². The molecule has 0 radical (unpaired) electrons. The molecule has 0 amide bonds. The molecule has 2 saturated carbocycles. The van der Waals surface area contributed by atoms with Crippen LogP contribution < -0.4 is 5.32 Å². The lowest BCUT2D eigenvalue weighted by Gasteiger charge is -2.30. The Balaban J connectivity index is 1.66. The molecule has 3 heterocycles. The SMILES string of the molecule is CCn1ncc2c(NC3CCCCC3)c(C3=NOC4(CCCCC4)C3)c(C(F)(F)F)nc21. The van der Waals surface area contributed by atoms with Gasteiger partial charge in [0, 0.05) is 19.0 Å². The molecule has 0 aromatic carbocycles. The van der Waals surface area contributed by atoms with Gasteiger partial charge in [-0.05, 0) is 45.4 Å². The second-order valence-electron chi connectivity index (χ2n) is 9.43. The van der Waals surface area contributed by atoms with Crippen LogP contribution in [0.25, 0.3) is 11.0 Å². The van der Waals surface area contributed by atoms with Crippen LogP contribution in [0.1, 0.15) is 88.8 Å². The number of pyridine rings is 1. The maximum Gasteiger partial charge on any atom is 0.434 e. The molecular weight excluding hydrogens is 419 g/mol. The summed E-state index contributed by atoms with van der Waals surface area (Å²) < 4.78 is 44.6. The normalized spacial score (nSPS) is 21.7. The van der Waals surface area contributed by atoms with Gasteiger partial charge in [-0.25, -0.2) is 9.67 Å². The quantitative estimate of drug-likeness (QED) is 0.618. The van der Waals surface area contributed by atoms with Crippen molar-refractivity contribution < 1.29 is 18.0 Å². The summed E-state index contributed by atoms with van der Waals surface area (Å²) in [5.74, 6) is 0. The maximum absolute atomic E-state index is 14.3. The molecule has 1 N–H and O–H groups in total. The van der Waals surface area contributed by atoms with Crippen LogP contribution in [0.15, 0.2) is 11.4 Å². The average molecular weight is 450 g/mol. The van der Waals surface area contributed by atoms with E-state index in [2.05, 4.69) is 20.6 Å². The number of aryl methyl sites for hydroxylation is 1. The summed E-state index contributed by atoms with van der Waals surface area (Å²) in [5, 5.41) is 12.7. The van der Waals surface area contributed by atoms with Crippen molar-refractivity contribution in [2.24, 2.45) is 5.16 Å². The van der Waals surface area contributed by atoms with E-state index in [4.69, 9.17) is 4.84 Å². The third-order valence-corrected chi connectivity index (χ3v) is 7.20. The van der Waals surface area contributed by atoms with Crippen LogP contribution in [0.5, 0.6) is 0 Å². The van der Waals surface area contributed by atoms with E-state index in [9.17, 15) is 13.2 Å². The lowest BCUT2D eigenvalue weighted by molar-refractivity contribution is -0.141. The first-order chi connectivity index (χ1) is 15.4. The van der Waals surface area contributed by atoms with Gasteiger partial charge in [0.15, 0.2) is 11.3 Å². The number of hydrogen-bond acceptors (Lipinski definition) is 5. The van der Waals surface area contributed by atoms with Crippen molar-refractivity contribution in [1.82, 2.24) is 14.8 Å². The molecule has 32 heavy (non-hydrogen) atoms. The van der Waals surface area contributed by atoms with Crippen LogP contribution >= 0.6 is 0 Å². The molecule has 1 aliphatic heterocycles. The minimum atomic E-state index is -4.61. The molecule has 2 aromatic heterocycles. The number of anilines is 1. The van der Waals surface area contributed by atoms with Crippen LogP contribution in [0.2, 0.25) is 0 Å². The highest BCUT2D eigenvalue weighted by molar-refractivity contribution is 6.12. The second kappa shape index (κ2) is 8.23. The molecule has 0 unspecified atom stereocenters. The zero-order chi connectivity index (χ0) is 22.3. The number of alkyl halides is 3. The van der Waals surface area contributed by atoms with Gasteiger partial charge >= 0.3 is 6.18 Å². The lowest BCUT2D eigenvalue weighted by Crippen LogP contribution is -2.32. The monoisotopic (exact) mass is 449 g/mol. The summed E-state index contributed by atoms with van der Waals surface area (Å²) in [5.41, 5.74) is -0.238. The fourth-order valence-corrected chi connectivity index (χ4v) is 5.53. The van der Waals surface area contributed by atoms with Crippen LogP contribution in [0.3, 0.4) is 0 Å². The number of oxime groups is 1. The number of fused-ring (bicyclic) bond motifs is 1. The van der Waals surface area contributed by atoms with E-state index in [-0.39, 0.29) is 17.3 Å². The summed E-state index contributed by atoms with van der Waals surface area (Å²) in [6.07, 6.45) is 7.45. The van der Waals surface area contributed by atoms with Gasteiger partial charge in [0.25, 0.3) is 0 Å². The smallest absolute Gasteiger partial charge is 0.389 e. The van der Waals surface area contributed by atoms with Crippen molar-refractivity contribution in [3.05, 3.63) is 17.5 Å². The molecule has 3 aliphatic rings. The highest BCUT2D eigenvalue weighted by Gasteiger charge is 2.45. The maximum atomic E-state index is 14.3. The molecule has 1 spiro atoms. The summed E-state index contributed by atoms with van der Waals surface area (Å²) in [4.78, 5) is 9.95. The Morgan fingerprint density at radius 3 is 2.53 bits per heavy atom. The fourth-order valence-electron chi connectivity index (χ4n) is 5.53. The molecule has 5 rings (SSSR count). The largest absolute Gasteiger partial charge is 0.434 e. The van der Waals surface area contributed by atoms with Gasteiger partial charge in [-0.15, -0.1) is 0 Å². The molecule has 0 bridgehead atoms. The molecule has 174 valence electrons. The summed E-state index contributed by atoms with van der Waals surface area (Å²) in [7, 11) is 0. The summed E-state index contributed by atoms with van der Waals surface area (Å²) >= 11 is 0. The van der Waals surface area contributed by atoms with Crippen molar-refractivity contribution in [2.45, 2.75) is 102 Å². The highest BCUT2D eigenvalue weighted by atomic mass is 19.4. The zero-order valence-electron chi connectivity index (χ0n) is 18.5. The molecule has 6 nitrogen and oxygen atoms in total. The zero-order valence-corrected chi connectivity index (χ0v) is 18.5. The lowest BCUT2D eigenvalue weighted by atomic mass is 9.80. The van der Waals surface area contributed by atoms with Crippen molar-refractivity contribution in [3.8, 4) is 0 Å². The van der Waals surface area contributed by atoms with E-state index in [0.29, 0.717) is 29.8 Å². The molecular formula is C23H30F3N5O. The Labute approximate surface area is 185 Å². The second-order valence-corrected chi connectivity index (χ2v) is 9.43. The van der Waals surface area contributed by atoms with E-state index >= 15 is 0 Å². The first kappa shape index (κ1) is 21.5. The molecule has 0 saturated heterocycles. The number of rotatable bonds is 4. The van der Waals surface area contributed by atoms with Gasteiger partial charge in [0.05, 0.1) is 28.5 Å². The number of aromatic nitrogens is 3. The van der Waals surface area contributed by atoms with Gasteiger partial charge in [0.2, 0.25) is 0 Å². The fraction of sp³-hybridized carbons (Fsp3) is 0.696. The van der Waals surface area contributed by atoms with Gasteiger partial charge in [-0.3, -0.25) is 0 Å². The average Bonchev–Trinajstić information content (AvgIpc) is 3.38. The van der Waals surface area contributed by atoms with Crippen LogP contribution in [0.4, 0.5) is 18.9 Å². The molecule has 2 aromatic rings. The van der Waals surface area contributed by atoms with Crippen molar-refractivity contribution >= 4 is 22.4 Å². The highest BCUT2D eigenvalue weighted by Crippen LogP contribution is 2.45. The van der Waals surface area contributed by atoms with Gasteiger partial charge < -0.3 is 10.2 Å². The predicted molar refractivity (Wildman–Crippen MR) is 117 cm³/mol. The molecule has 2 fully saturated rings. The Kier molecular flexibility index (Phi) is 5.53. The van der Waals surface area contributed by atoms with Crippen molar-refractivity contribution in [1.29, 1.82) is 0 Å². The number of nitrogens with one attached hydrogen (secondary N) is 1. The molecule has 9 heteroatoms. The van der Waals surface area contributed by atoms with E-state index < -0.39 is 17.5 Å². The van der Waals surface area contributed by atoms with E-state index in [1.54, 1.807) is 6.20 Å². The number of nitrogens with zero attached hydrogens (tertiary/aromatic N) is 4. The minimum Gasteiger partial charge on any atom is -0.389 e. The Bertz CT molecular complexity index is 1020. The predicted octanol–water partition coefficient (Wildman–Crippen LogP) is 6.04. The standard InChI is InChI=1S/C23H30F3N5O/c1-2-31-21-16(14-27-31)19(28-15-9-5-3-6-10-15)18(20(29-21)23(24,25)26)17-13-22(32-30-17)11-7-4-8-12-22/h14-15H,2-13H2,1H3,(H,28,29). The Morgan fingerprint density at radius 1 is 1.12 bits per heavy atom. The van der Waals surface area contributed by atoms with E-state index in [1.807, 2.05) is 6.92 Å². The third-order valence-electron chi connectivity index (χ3n) is 7.20. The van der Waals surface area contributed by atoms with Gasteiger partial charge in [0.1, 0.15) is 5.60 Å². The molecule has 2 aliphatic carbocycles. The minimum absolute atomic E-state index is 0.0497. The Morgan fingerprint density at radius 2 is 1.84 bits per heavy atom. The third kappa shape index (κ3) is 3.83. The number of halogens is 3. The van der Waals surface area contributed by atoms with Gasteiger partial charge in [-0.2, -0.15) is 18.3 Å². The summed E-state index contributed by atoms with van der Waals surface area (Å²) in [6, 6.07) is 0.130. The first-order valence-electron chi connectivity index (χ1n) is 11.9. The number of hydrogen-bond donors (Lipinski definition) is 1. The van der Waals surface area contributed by atoms with Gasteiger partial charge in [-0.1, -0.05) is 30.8 Å². The van der Waals surface area contributed by atoms with Crippen LogP contribution in [-0.2, 0) is 17.6 Å². The van der Waals surface area contributed by atoms with Crippen molar-refractivity contribution in [2.75, 3.05) is 5.32 Å². The van der Waals surface area contributed by atoms with Crippen LogP contribution in [-0.4, -0.2) is 32.1 Å². The first-order valence-corrected chi connectivity index (χ1v) is 11.9. The Hall–Kier alpha value is -2.32. The topological polar surface area (TPSA) is 64.3 Å².